The highest BCUT2D eigenvalue weighted by Gasteiger charge is 2.14. The van der Waals surface area contributed by atoms with E-state index in [0.29, 0.717) is 18.2 Å². The maximum Gasteiger partial charge on any atom is 0.341 e. The zero-order chi connectivity index (χ0) is 15.8. The number of nitrogens with two attached hydrogens (primary N) is 1. The van der Waals surface area contributed by atoms with Gasteiger partial charge in [0.2, 0.25) is 0 Å². The van der Waals surface area contributed by atoms with Crippen LogP contribution < -0.4 is 15.8 Å². The molecule has 0 bridgehead atoms. The number of rotatable bonds is 7. The van der Waals surface area contributed by atoms with Crippen molar-refractivity contribution in [2.24, 2.45) is 5.92 Å². The van der Waals surface area contributed by atoms with Gasteiger partial charge >= 0.3 is 5.97 Å². The van der Waals surface area contributed by atoms with Crippen molar-refractivity contribution in [2.75, 3.05) is 26.0 Å². The molecule has 0 aliphatic rings. The lowest BCUT2D eigenvalue weighted by atomic mass is 10.1. The van der Waals surface area contributed by atoms with Crippen molar-refractivity contribution < 1.29 is 19.1 Å². The van der Waals surface area contributed by atoms with Gasteiger partial charge in [-0.25, -0.2) is 4.79 Å². The Labute approximate surface area is 124 Å². The van der Waals surface area contributed by atoms with Crippen LogP contribution in [0.4, 0.5) is 5.69 Å². The first-order valence-electron chi connectivity index (χ1n) is 6.81. The summed E-state index contributed by atoms with van der Waals surface area (Å²) >= 11 is 0. The number of hydrogen-bond donors (Lipinski definition) is 2. The molecule has 0 saturated carbocycles. The Morgan fingerprint density at radius 2 is 2.05 bits per heavy atom. The predicted molar refractivity (Wildman–Crippen MR) is 80.2 cm³/mol. The number of benzene rings is 1. The maximum atomic E-state index is 11.6. The van der Waals surface area contributed by atoms with Crippen molar-refractivity contribution in [3.8, 4) is 5.75 Å². The molecule has 116 valence electrons. The number of nitrogen functional groups attached to an aromatic ring is 1. The van der Waals surface area contributed by atoms with Crippen molar-refractivity contribution in [2.45, 2.75) is 20.3 Å². The molecule has 0 fully saturated rings. The first-order valence-corrected chi connectivity index (χ1v) is 6.81. The smallest absolute Gasteiger partial charge is 0.341 e. The molecule has 0 saturated heterocycles. The summed E-state index contributed by atoms with van der Waals surface area (Å²) in [5.41, 5.74) is 6.34. The molecule has 6 heteroatoms. The van der Waals surface area contributed by atoms with Crippen LogP contribution in [0.5, 0.6) is 5.75 Å². The van der Waals surface area contributed by atoms with E-state index in [0.717, 1.165) is 6.42 Å². The highest BCUT2D eigenvalue weighted by molar-refractivity contribution is 5.93. The third-order valence-electron chi connectivity index (χ3n) is 2.81. The second kappa shape index (κ2) is 8.14. The molecule has 1 aromatic rings. The van der Waals surface area contributed by atoms with E-state index >= 15 is 0 Å². The van der Waals surface area contributed by atoms with Gasteiger partial charge in [-0.1, -0.05) is 13.8 Å². The lowest BCUT2D eigenvalue weighted by Gasteiger charge is -2.11. The fourth-order valence-corrected chi connectivity index (χ4v) is 1.63. The van der Waals surface area contributed by atoms with E-state index < -0.39 is 5.97 Å². The Kier molecular flexibility index (Phi) is 6.52. The van der Waals surface area contributed by atoms with E-state index in [-0.39, 0.29) is 23.8 Å². The summed E-state index contributed by atoms with van der Waals surface area (Å²) in [5, 5.41) is 2.75. The average molecular weight is 294 g/mol. The molecule has 1 rings (SSSR count). The van der Waals surface area contributed by atoms with Crippen LogP contribution >= 0.6 is 0 Å². The first-order chi connectivity index (χ1) is 9.93. The molecule has 1 aromatic carbocycles. The van der Waals surface area contributed by atoms with Crippen molar-refractivity contribution in [3.05, 3.63) is 23.8 Å². The number of nitrogens with one attached hydrogen (secondary N) is 1. The molecule has 0 aliphatic heterocycles. The third-order valence-corrected chi connectivity index (χ3v) is 2.81. The number of ether oxygens (including phenoxy) is 2. The van der Waals surface area contributed by atoms with E-state index in [4.69, 9.17) is 10.5 Å². The summed E-state index contributed by atoms with van der Waals surface area (Å²) in [6.07, 6.45) is 0.900. The molecular formula is C15H22N2O4. The fourth-order valence-electron chi connectivity index (χ4n) is 1.63. The molecule has 0 radical (unpaired) electrons. The highest BCUT2D eigenvalue weighted by Crippen LogP contribution is 2.22. The minimum atomic E-state index is -0.537. The molecule has 0 atom stereocenters. The summed E-state index contributed by atoms with van der Waals surface area (Å²) in [4.78, 5) is 23.2. The van der Waals surface area contributed by atoms with Crippen LogP contribution in [0.3, 0.4) is 0 Å². The number of methoxy groups -OCH3 is 1. The van der Waals surface area contributed by atoms with E-state index in [1.54, 1.807) is 6.07 Å². The van der Waals surface area contributed by atoms with Crippen LogP contribution in [-0.2, 0) is 9.53 Å². The van der Waals surface area contributed by atoms with Gasteiger partial charge in [-0.05, 0) is 24.5 Å². The van der Waals surface area contributed by atoms with Gasteiger partial charge in [0.15, 0.2) is 6.61 Å². The number of carbonyl (C=O) groups excluding carboxylic acids is 2. The van der Waals surface area contributed by atoms with Crippen LogP contribution in [0.1, 0.15) is 30.6 Å². The summed E-state index contributed by atoms with van der Waals surface area (Å²) in [6, 6.07) is 4.57. The molecule has 6 nitrogen and oxygen atoms in total. The Morgan fingerprint density at radius 1 is 1.33 bits per heavy atom. The molecule has 0 heterocycles. The Morgan fingerprint density at radius 3 is 2.67 bits per heavy atom. The Hall–Kier alpha value is -2.24. The van der Waals surface area contributed by atoms with Gasteiger partial charge in [0, 0.05) is 18.3 Å². The van der Waals surface area contributed by atoms with Gasteiger partial charge in [-0.2, -0.15) is 0 Å². The van der Waals surface area contributed by atoms with E-state index in [9.17, 15) is 9.59 Å². The number of amides is 1. The van der Waals surface area contributed by atoms with Crippen molar-refractivity contribution >= 4 is 17.6 Å². The molecule has 0 unspecified atom stereocenters. The largest absolute Gasteiger partial charge is 0.483 e. The van der Waals surface area contributed by atoms with Gasteiger partial charge in [-0.3, -0.25) is 4.79 Å². The molecule has 21 heavy (non-hydrogen) atoms. The summed E-state index contributed by atoms with van der Waals surface area (Å²) in [7, 11) is 1.28. The second-order valence-corrected chi connectivity index (χ2v) is 5.07. The van der Waals surface area contributed by atoms with Crippen LogP contribution in [0.25, 0.3) is 0 Å². The zero-order valence-corrected chi connectivity index (χ0v) is 12.6. The normalized spacial score (nSPS) is 10.3. The van der Waals surface area contributed by atoms with Gasteiger partial charge in [0.05, 0.1) is 7.11 Å². The second-order valence-electron chi connectivity index (χ2n) is 5.07. The van der Waals surface area contributed by atoms with Crippen LogP contribution in [-0.4, -0.2) is 32.1 Å². The molecule has 0 aliphatic carbocycles. The fraction of sp³-hybridized carbons (Fsp3) is 0.467. The minimum absolute atomic E-state index is 0.175. The number of carbonyl (C=O) groups is 2. The Balaban J connectivity index is 2.60. The molecule has 3 N–H and O–H groups in total. The van der Waals surface area contributed by atoms with Crippen molar-refractivity contribution in [1.82, 2.24) is 5.32 Å². The van der Waals surface area contributed by atoms with Crippen molar-refractivity contribution in [3.63, 3.8) is 0 Å². The monoisotopic (exact) mass is 294 g/mol. The van der Waals surface area contributed by atoms with Gasteiger partial charge in [0.1, 0.15) is 11.3 Å². The summed E-state index contributed by atoms with van der Waals surface area (Å²) in [6.45, 7) is 4.59. The van der Waals surface area contributed by atoms with Gasteiger partial charge in [0.25, 0.3) is 5.91 Å². The van der Waals surface area contributed by atoms with E-state index in [1.807, 2.05) is 0 Å². The Bertz CT molecular complexity index is 500. The van der Waals surface area contributed by atoms with Crippen LogP contribution in [0.2, 0.25) is 0 Å². The summed E-state index contributed by atoms with van der Waals surface area (Å²) in [5.74, 6) is -0.0222. The van der Waals surface area contributed by atoms with Crippen molar-refractivity contribution in [1.29, 1.82) is 0 Å². The lowest BCUT2D eigenvalue weighted by molar-refractivity contribution is -0.123. The zero-order valence-electron chi connectivity index (χ0n) is 12.6. The minimum Gasteiger partial charge on any atom is -0.483 e. The quantitative estimate of drug-likeness (QED) is 0.589. The SMILES string of the molecule is COC(=O)c1ccc(N)cc1OCC(=O)NCCC(C)C. The average Bonchev–Trinajstić information content (AvgIpc) is 2.44. The first kappa shape index (κ1) is 16.8. The highest BCUT2D eigenvalue weighted by atomic mass is 16.5. The molecule has 0 spiro atoms. The maximum absolute atomic E-state index is 11.6. The van der Waals surface area contributed by atoms with E-state index in [2.05, 4.69) is 23.9 Å². The lowest BCUT2D eigenvalue weighted by Crippen LogP contribution is -2.30. The van der Waals surface area contributed by atoms with Crippen LogP contribution in [0, 0.1) is 5.92 Å². The standard InChI is InChI=1S/C15H22N2O4/c1-10(2)6-7-17-14(18)9-21-13-8-11(16)4-5-12(13)15(19)20-3/h4-5,8,10H,6-7,9,16H2,1-3H3,(H,17,18). The third kappa shape index (κ3) is 5.72. The molecular weight excluding hydrogens is 272 g/mol. The number of esters is 1. The number of anilines is 1. The van der Waals surface area contributed by atoms with E-state index in [1.165, 1.54) is 19.2 Å². The molecule has 0 aromatic heterocycles. The topological polar surface area (TPSA) is 90.7 Å². The molecule has 1 amide bonds. The predicted octanol–water partition coefficient (Wildman–Crippen LogP) is 1.60. The van der Waals surface area contributed by atoms with Crippen LogP contribution in [0.15, 0.2) is 18.2 Å². The van der Waals surface area contributed by atoms with Gasteiger partial charge in [-0.15, -0.1) is 0 Å². The van der Waals surface area contributed by atoms with Gasteiger partial charge < -0.3 is 20.5 Å². The summed E-state index contributed by atoms with van der Waals surface area (Å²) < 4.78 is 10.0. The number of hydrogen-bond acceptors (Lipinski definition) is 5.